The van der Waals surface area contributed by atoms with Crippen LogP contribution in [0.5, 0.6) is 0 Å². The van der Waals surface area contributed by atoms with Crippen LogP contribution in [0.1, 0.15) is 87.7 Å². The molecule has 3 aliphatic rings. The van der Waals surface area contributed by atoms with Gasteiger partial charge in [0.05, 0.1) is 90.3 Å². The number of aromatic nitrogens is 1. The first kappa shape index (κ1) is 67.6. The van der Waals surface area contributed by atoms with E-state index in [2.05, 4.69) is 68.3 Å². The highest BCUT2D eigenvalue weighted by Gasteiger charge is 2.51. The molecule has 2 amide bonds. The predicted molar refractivity (Wildman–Crippen MR) is 340 cm³/mol. The predicted octanol–water partition coefficient (Wildman–Crippen LogP) is 6.20. The molecule has 1 aromatic heterocycles. The minimum absolute atomic E-state index is 0.0433. The summed E-state index contributed by atoms with van der Waals surface area (Å²) in [5.41, 5.74) is 9.91. The van der Waals surface area contributed by atoms with E-state index in [4.69, 9.17) is 23.8 Å². The highest BCUT2D eigenvalue weighted by atomic mass is 32.2. The molecule has 88 heavy (non-hydrogen) atoms. The van der Waals surface area contributed by atoms with Gasteiger partial charge >= 0.3 is 12.4 Å². The summed E-state index contributed by atoms with van der Waals surface area (Å²) in [4.78, 5) is 43.7. The van der Waals surface area contributed by atoms with Crippen LogP contribution < -0.4 is 0 Å². The Morgan fingerprint density at radius 3 is 1.64 bits per heavy atom. The van der Waals surface area contributed by atoms with Gasteiger partial charge in [-0.15, -0.1) is 16.9 Å². The van der Waals surface area contributed by atoms with E-state index >= 15 is 0 Å². The van der Waals surface area contributed by atoms with Crippen LogP contribution in [0.2, 0.25) is 0 Å². The van der Waals surface area contributed by atoms with Crippen molar-refractivity contribution >= 4 is 73.9 Å². The van der Waals surface area contributed by atoms with Crippen molar-refractivity contribution in [3.63, 3.8) is 0 Å². The smallest absolute Gasteiger partial charge is 0.432 e. The third kappa shape index (κ3) is 18.8. The van der Waals surface area contributed by atoms with Gasteiger partial charge in [0.1, 0.15) is 26.3 Å². The normalized spacial score (nSPS) is 14.8. The molecule has 4 heterocycles. The number of nitrogens with zero attached hydrogens (tertiary/aromatic N) is 5. The molecule has 0 unspecified atom stereocenters. The standard InChI is InChI=1S/C66H74BN5O14S2/c1-51-49-59(31-25-55-21-17-53(18-22-55)15-9-37-71(3,4)39-13-47-87(76,77)78)68-64(51)63(57-27-29-58(30-28-57)66(75)86-70-61(73)33-34-62(70)74)65-52(2)50-60(69(65)67(68,35-11-41-84-45-43-82-7)36-12-42-85-46-44-83-8)32-26-56-23-19-54(20-24-56)16-10-38-72(5,6)40-14-48-88(79,80)81/h17-32,49-50H,13-14,33-34,37-48H2,1-8H3/p+2/b31-25+,32-26+. The van der Waals surface area contributed by atoms with Gasteiger partial charge in [0.25, 0.3) is 32.1 Å². The number of fused-ring (bicyclic) bond motifs is 2. The molecule has 0 radical (unpaired) electrons. The number of allylic oxidation sites excluding steroid dienone is 3. The van der Waals surface area contributed by atoms with Crippen molar-refractivity contribution in [2.75, 3.05) is 120 Å². The van der Waals surface area contributed by atoms with Gasteiger partial charge < -0.3 is 41.7 Å². The molecule has 2 N–H and O–H groups in total. The Bertz CT molecular complexity index is 3880. The Morgan fingerprint density at radius 2 is 1.16 bits per heavy atom. The third-order valence-electron chi connectivity index (χ3n) is 14.7. The lowest BCUT2D eigenvalue weighted by Crippen LogP contribution is -2.57. The molecule has 0 spiro atoms. The van der Waals surface area contributed by atoms with Crippen LogP contribution in [0.3, 0.4) is 0 Å². The fraction of sp³-hybridized carbons (Fsp3) is 0.364. The average Bonchev–Trinajstić information content (AvgIpc) is 1.49. The van der Waals surface area contributed by atoms with Crippen LogP contribution in [0.25, 0.3) is 23.8 Å². The molecule has 0 bridgehead atoms. The summed E-state index contributed by atoms with van der Waals surface area (Å²) in [6.45, 7) is 7.50. The fourth-order valence-corrected chi connectivity index (χ4v) is 11.2. The van der Waals surface area contributed by atoms with Gasteiger partial charge in [0.2, 0.25) is 0 Å². The summed E-state index contributed by atoms with van der Waals surface area (Å²) in [7, 11) is 2.94. The molecule has 1 saturated heterocycles. The van der Waals surface area contributed by atoms with Crippen molar-refractivity contribution in [3.8, 4) is 47.2 Å². The van der Waals surface area contributed by atoms with Crippen molar-refractivity contribution in [2.24, 2.45) is 0 Å². The topological polar surface area (TPSA) is 217 Å². The zero-order valence-corrected chi connectivity index (χ0v) is 52.8. The second-order valence-electron chi connectivity index (χ2n) is 22.8. The fourth-order valence-electron chi connectivity index (χ4n) is 10.3. The van der Waals surface area contributed by atoms with Gasteiger partial charge in [-0.1, -0.05) is 54.3 Å². The van der Waals surface area contributed by atoms with Crippen LogP contribution in [0.15, 0.2) is 102 Å². The van der Waals surface area contributed by atoms with E-state index in [0.29, 0.717) is 79.5 Å². The van der Waals surface area contributed by atoms with Gasteiger partial charge in [0.15, 0.2) is 11.4 Å². The minimum Gasteiger partial charge on any atom is -0.432 e. The zero-order valence-electron chi connectivity index (χ0n) is 51.1. The van der Waals surface area contributed by atoms with E-state index in [0.717, 1.165) is 67.3 Å². The highest BCUT2D eigenvalue weighted by Crippen LogP contribution is 2.44. The number of hydrogen-bond donors (Lipinski definition) is 2. The van der Waals surface area contributed by atoms with Gasteiger partial charge in [-0.05, 0) is 103 Å². The highest BCUT2D eigenvalue weighted by molar-refractivity contribution is 7.86. The molecule has 0 saturated carbocycles. The van der Waals surface area contributed by atoms with Crippen LogP contribution in [0, 0.1) is 54.1 Å². The maximum atomic E-state index is 13.5. The third-order valence-corrected chi connectivity index (χ3v) is 16.3. The Hall–Kier alpha value is -7.94. The quantitative estimate of drug-likeness (QED) is 0.0189. The number of rotatable bonds is 25. The monoisotopic (exact) mass is 1240 g/mol. The molecular weight excluding hydrogens is 1160 g/mol. The van der Waals surface area contributed by atoms with E-state index in [-0.39, 0.29) is 43.1 Å². The van der Waals surface area contributed by atoms with Crippen molar-refractivity contribution in [1.82, 2.24) is 9.54 Å². The molecule has 0 atom stereocenters. The van der Waals surface area contributed by atoms with E-state index in [9.17, 15) is 40.3 Å². The summed E-state index contributed by atoms with van der Waals surface area (Å²) in [5, 5.41) is 0.527. The molecule has 7 rings (SSSR count). The Labute approximate surface area is 517 Å². The molecule has 462 valence electrons. The van der Waals surface area contributed by atoms with Gasteiger partial charge in [-0.3, -0.25) is 18.7 Å². The van der Waals surface area contributed by atoms with Crippen molar-refractivity contribution in [1.29, 1.82) is 0 Å². The molecule has 1 fully saturated rings. The number of methoxy groups -OCH3 is 2. The van der Waals surface area contributed by atoms with E-state index in [1.807, 2.05) is 127 Å². The van der Waals surface area contributed by atoms with Crippen molar-refractivity contribution < 1.29 is 77.6 Å². The Morgan fingerprint density at radius 1 is 0.670 bits per heavy atom. The summed E-state index contributed by atoms with van der Waals surface area (Å²) >= 11 is 0. The van der Waals surface area contributed by atoms with Crippen LogP contribution >= 0.6 is 0 Å². The van der Waals surface area contributed by atoms with Gasteiger partial charge in [-0.25, -0.2) is 4.79 Å². The number of hydrogen-bond acceptors (Lipinski definition) is 12. The number of quaternary nitrogens is 2. The van der Waals surface area contributed by atoms with Crippen molar-refractivity contribution in [2.45, 2.75) is 39.5 Å². The number of ether oxygens (including phenoxy) is 4. The Balaban J connectivity index is 1.37. The number of aryl methyl sites for hydroxylation is 1. The molecular formula is C66H76BN5O14S2+2. The molecule has 3 aliphatic heterocycles. The zero-order chi connectivity index (χ0) is 63.7. The first-order valence-electron chi connectivity index (χ1n) is 28.7. The lowest BCUT2D eigenvalue weighted by molar-refractivity contribution is -0.883. The summed E-state index contributed by atoms with van der Waals surface area (Å²) < 4.78 is 91.4. The second kappa shape index (κ2) is 30.3. The first-order valence-corrected chi connectivity index (χ1v) is 31.9. The van der Waals surface area contributed by atoms with Gasteiger partial charge in [0, 0.05) is 80.1 Å². The lowest BCUT2D eigenvalue weighted by atomic mass is 9.45. The molecule has 3 aromatic carbocycles. The van der Waals surface area contributed by atoms with Gasteiger partial charge in [-0.2, -0.15) is 28.5 Å². The van der Waals surface area contributed by atoms with Crippen molar-refractivity contribution in [3.05, 3.63) is 153 Å². The molecule has 22 heteroatoms. The molecule has 4 aromatic rings. The number of carbonyl (C=O) groups is 3. The number of carbonyl (C=O) groups excluding carboxylic acids is 3. The second-order valence-corrected chi connectivity index (χ2v) is 25.9. The summed E-state index contributed by atoms with van der Waals surface area (Å²) in [6, 6.07) is 24.6. The number of hydroxylamine groups is 2. The maximum Gasteiger partial charge on any atom is 0.520 e. The van der Waals surface area contributed by atoms with E-state index in [1.165, 1.54) is 0 Å². The summed E-state index contributed by atoms with van der Waals surface area (Å²) in [6.07, 6.45) is 8.13. The number of benzene rings is 3. The first-order chi connectivity index (χ1) is 41.8. The molecule has 19 nitrogen and oxygen atoms in total. The maximum absolute atomic E-state index is 13.5. The average molecular weight is 1240 g/mol. The number of imide groups is 1. The van der Waals surface area contributed by atoms with E-state index in [1.54, 1.807) is 26.4 Å². The number of amides is 2. The lowest BCUT2D eigenvalue weighted by Gasteiger charge is -2.39. The minimum atomic E-state index is -4.05. The largest absolute Gasteiger partial charge is 0.520 e. The van der Waals surface area contributed by atoms with Crippen LogP contribution in [-0.2, 0) is 53.6 Å². The summed E-state index contributed by atoms with van der Waals surface area (Å²) in [5.74, 6) is 24.4. The van der Waals surface area contributed by atoms with E-state index < -0.39 is 44.4 Å². The Kier molecular flexibility index (Phi) is 23.3. The van der Waals surface area contributed by atoms with Crippen LogP contribution in [-0.4, -0.2) is 199 Å². The van der Waals surface area contributed by atoms with Crippen LogP contribution in [0.4, 0.5) is 0 Å². The molecule has 0 aliphatic carbocycles. The SMILES string of the molecule is COCCOCC#C[B-]1(C#CCOCCOC)n2c(/C=C/c3ccc(C#CC[N+](C)(C)CCCS(=O)(=O)O)cc3)cc(C)c2C(c2ccc(C(=O)ON3C(=O)CCC3=O)cc2)=C2C(C)=CC(/C=C/c3ccc(C#CC[N+](C)(C)CCCS(=O)(=O)O)cc3)=[N+]21.